The quantitative estimate of drug-likeness (QED) is 0.326. The van der Waals surface area contributed by atoms with Gasteiger partial charge in [0, 0.05) is 23.9 Å². The zero-order valence-corrected chi connectivity index (χ0v) is 17.6. The van der Waals surface area contributed by atoms with Crippen LogP contribution in [0.25, 0.3) is 21.5 Å². The van der Waals surface area contributed by atoms with Gasteiger partial charge in [-0.05, 0) is 35.7 Å². The summed E-state index contributed by atoms with van der Waals surface area (Å²) in [5, 5.41) is 3.95. The number of rotatable bonds is 5. The topological polar surface area (TPSA) is 38.8 Å². The van der Waals surface area contributed by atoms with E-state index in [2.05, 4.69) is 0 Å². The van der Waals surface area contributed by atoms with Crippen molar-refractivity contribution in [2.24, 2.45) is 0 Å². The van der Waals surface area contributed by atoms with Crippen LogP contribution in [0.2, 0.25) is 0 Å². The third-order valence-corrected chi connectivity index (χ3v) is 7.55. The van der Waals surface area contributed by atoms with E-state index in [0.29, 0.717) is 24.6 Å². The highest BCUT2D eigenvalue weighted by Crippen LogP contribution is 2.54. The van der Waals surface area contributed by atoms with Crippen LogP contribution in [0, 0.1) is 0 Å². The van der Waals surface area contributed by atoms with E-state index < -0.39 is 7.75 Å². The Hall–Kier alpha value is -2.81. The number of hydrogen-bond donors (Lipinski definition) is 0. The maximum absolute atomic E-state index is 14.3. The molecule has 0 atom stereocenters. The molecule has 4 nitrogen and oxygen atoms in total. The summed E-state index contributed by atoms with van der Waals surface area (Å²) in [7, 11) is -3.61. The van der Waals surface area contributed by atoms with Gasteiger partial charge in [0.15, 0.2) is 0 Å². The molecule has 0 bridgehead atoms. The van der Waals surface area contributed by atoms with Crippen LogP contribution in [0.3, 0.4) is 0 Å². The molecule has 4 aromatic carbocycles. The Morgan fingerprint density at radius 1 is 0.600 bits per heavy atom. The predicted molar refractivity (Wildman–Crippen MR) is 122 cm³/mol. The minimum Gasteiger partial charge on any atom is -0.404 e. The van der Waals surface area contributed by atoms with Gasteiger partial charge in [0.25, 0.3) is 0 Å². The molecule has 0 N–H and O–H groups in total. The van der Waals surface area contributed by atoms with Crippen LogP contribution in [-0.2, 0) is 4.57 Å². The zero-order valence-electron chi connectivity index (χ0n) is 16.7. The molecule has 0 spiro atoms. The lowest BCUT2D eigenvalue weighted by Crippen LogP contribution is -2.31. The number of nitrogens with zero attached hydrogens (tertiary/aromatic N) is 1. The Morgan fingerprint density at radius 2 is 1.07 bits per heavy atom. The molecule has 30 heavy (non-hydrogen) atoms. The molecule has 5 heteroatoms. The van der Waals surface area contributed by atoms with E-state index in [1.54, 1.807) is 0 Å². The molecule has 0 radical (unpaired) electrons. The first-order valence-electron chi connectivity index (χ1n) is 10.4. The van der Waals surface area contributed by atoms with E-state index in [1.807, 2.05) is 89.6 Å². The molecule has 0 unspecified atom stereocenters. The molecule has 0 aliphatic carbocycles. The number of benzene rings is 4. The number of hydrogen-bond acceptors (Lipinski definition) is 3. The standard InChI is InChI=1S/C25H24NO3P/c27-30(26-18-6-1-7-19-26,28-24-16-8-12-20-10-2-4-14-22(20)24)29-25-17-9-13-21-11-3-5-15-23(21)25/h2-5,8-17H,1,6-7,18-19H2. The summed E-state index contributed by atoms with van der Waals surface area (Å²) >= 11 is 0. The zero-order chi connectivity index (χ0) is 20.4. The van der Waals surface area contributed by atoms with Crippen molar-refractivity contribution in [3.63, 3.8) is 0 Å². The minimum absolute atomic E-state index is 0.585. The largest absolute Gasteiger partial charge is 0.515 e. The monoisotopic (exact) mass is 417 g/mol. The summed E-state index contributed by atoms with van der Waals surface area (Å²) in [6.07, 6.45) is 3.11. The van der Waals surface area contributed by atoms with E-state index in [1.165, 1.54) is 0 Å². The van der Waals surface area contributed by atoms with E-state index >= 15 is 0 Å². The first-order chi connectivity index (χ1) is 14.7. The molecule has 0 amide bonds. The highest BCUT2D eigenvalue weighted by atomic mass is 31.2. The Labute approximate surface area is 176 Å². The van der Waals surface area contributed by atoms with Crippen molar-refractivity contribution in [3.05, 3.63) is 84.9 Å². The van der Waals surface area contributed by atoms with Gasteiger partial charge in [-0.1, -0.05) is 79.2 Å². The van der Waals surface area contributed by atoms with E-state index in [9.17, 15) is 4.57 Å². The summed E-state index contributed by atoms with van der Waals surface area (Å²) < 4.78 is 28.7. The van der Waals surface area contributed by atoms with Crippen LogP contribution in [0.15, 0.2) is 84.9 Å². The Morgan fingerprint density at radius 3 is 1.60 bits per heavy atom. The summed E-state index contributed by atoms with van der Waals surface area (Å²) in [6.45, 7) is 1.40. The van der Waals surface area contributed by atoms with Crippen molar-refractivity contribution in [3.8, 4) is 11.5 Å². The van der Waals surface area contributed by atoms with Crippen molar-refractivity contribution in [1.29, 1.82) is 0 Å². The highest BCUT2D eigenvalue weighted by molar-refractivity contribution is 7.52. The third-order valence-electron chi connectivity index (χ3n) is 5.61. The SMILES string of the molecule is O=P(Oc1cccc2ccccc12)(Oc1cccc2ccccc12)N1CCCCC1. The van der Waals surface area contributed by atoms with Gasteiger partial charge in [-0.3, -0.25) is 0 Å². The summed E-state index contributed by atoms with van der Waals surface area (Å²) in [5.74, 6) is 1.17. The van der Waals surface area contributed by atoms with Crippen molar-refractivity contribution in [1.82, 2.24) is 4.67 Å². The Kier molecular flexibility index (Phi) is 5.20. The summed E-state index contributed by atoms with van der Waals surface area (Å²) in [6, 6.07) is 27.6. The number of piperidine rings is 1. The fraction of sp³-hybridized carbons (Fsp3) is 0.200. The maximum Gasteiger partial charge on any atom is 0.515 e. The van der Waals surface area contributed by atoms with Crippen molar-refractivity contribution in [2.75, 3.05) is 13.1 Å². The fourth-order valence-electron chi connectivity index (χ4n) is 4.06. The smallest absolute Gasteiger partial charge is 0.404 e. The summed E-state index contributed by atoms with van der Waals surface area (Å²) in [4.78, 5) is 0. The van der Waals surface area contributed by atoms with Gasteiger partial charge >= 0.3 is 7.75 Å². The highest BCUT2D eigenvalue weighted by Gasteiger charge is 2.38. The second-order valence-electron chi connectivity index (χ2n) is 7.62. The molecule has 5 rings (SSSR count). The molecule has 152 valence electrons. The molecule has 0 saturated carbocycles. The first-order valence-corrected chi connectivity index (χ1v) is 11.9. The van der Waals surface area contributed by atoms with Gasteiger partial charge in [-0.25, -0.2) is 4.57 Å². The van der Waals surface area contributed by atoms with E-state index in [-0.39, 0.29) is 0 Å². The molecule has 1 saturated heterocycles. The van der Waals surface area contributed by atoms with Gasteiger partial charge in [0.2, 0.25) is 0 Å². The van der Waals surface area contributed by atoms with Gasteiger partial charge in [0.05, 0.1) is 0 Å². The molecule has 0 aromatic heterocycles. The molecule has 1 fully saturated rings. The molecular formula is C25H24NO3P. The second kappa shape index (κ2) is 8.14. The maximum atomic E-state index is 14.3. The molecule has 4 aromatic rings. The van der Waals surface area contributed by atoms with E-state index in [0.717, 1.165) is 40.8 Å². The van der Waals surface area contributed by atoms with Gasteiger partial charge in [-0.2, -0.15) is 4.67 Å². The van der Waals surface area contributed by atoms with Crippen molar-refractivity contribution >= 4 is 29.3 Å². The lowest BCUT2D eigenvalue weighted by molar-refractivity contribution is 0.257. The second-order valence-corrected chi connectivity index (χ2v) is 9.49. The molecule has 1 heterocycles. The van der Waals surface area contributed by atoms with Crippen LogP contribution in [0.4, 0.5) is 0 Å². The van der Waals surface area contributed by atoms with Gasteiger partial charge in [-0.15, -0.1) is 0 Å². The fourth-order valence-corrected chi connectivity index (χ4v) is 5.91. The van der Waals surface area contributed by atoms with Crippen molar-refractivity contribution in [2.45, 2.75) is 19.3 Å². The first kappa shape index (κ1) is 19.2. The lowest BCUT2D eigenvalue weighted by atomic mass is 10.1. The average Bonchev–Trinajstić information content (AvgIpc) is 2.80. The lowest BCUT2D eigenvalue weighted by Gasteiger charge is -2.33. The van der Waals surface area contributed by atoms with Gasteiger partial charge < -0.3 is 9.05 Å². The normalized spacial score (nSPS) is 15.3. The number of fused-ring (bicyclic) bond motifs is 2. The average molecular weight is 417 g/mol. The molecule has 1 aliphatic heterocycles. The van der Waals surface area contributed by atoms with Crippen LogP contribution in [0.5, 0.6) is 11.5 Å². The van der Waals surface area contributed by atoms with Crippen LogP contribution >= 0.6 is 7.75 Å². The van der Waals surface area contributed by atoms with Gasteiger partial charge in [0.1, 0.15) is 11.5 Å². The van der Waals surface area contributed by atoms with Crippen LogP contribution in [-0.4, -0.2) is 17.8 Å². The predicted octanol–water partition coefficient (Wildman–Crippen LogP) is 7.04. The Balaban J connectivity index is 1.58. The van der Waals surface area contributed by atoms with E-state index in [4.69, 9.17) is 9.05 Å². The summed E-state index contributed by atoms with van der Waals surface area (Å²) in [5.41, 5.74) is 0. The Bertz CT molecular complexity index is 1140. The van der Waals surface area contributed by atoms with Crippen molar-refractivity contribution < 1.29 is 13.6 Å². The molecular weight excluding hydrogens is 393 g/mol. The minimum atomic E-state index is -3.61. The van der Waals surface area contributed by atoms with Crippen LogP contribution in [0.1, 0.15) is 19.3 Å². The molecule has 1 aliphatic rings. The third kappa shape index (κ3) is 3.69. The van der Waals surface area contributed by atoms with Crippen LogP contribution < -0.4 is 9.05 Å².